The fourth-order valence-electron chi connectivity index (χ4n) is 3.21. The van der Waals surface area contributed by atoms with Crippen molar-refractivity contribution in [1.29, 1.82) is 0 Å². The van der Waals surface area contributed by atoms with E-state index in [1.807, 2.05) is 22.9 Å². The topological polar surface area (TPSA) is 101 Å². The summed E-state index contributed by atoms with van der Waals surface area (Å²) in [6.45, 7) is 0.966. The fourth-order valence-corrected chi connectivity index (χ4v) is 3.61. The van der Waals surface area contributed by atoms with Crippen LogP contribution in [0.3, 0.4) is 0 Å². The highest BCUT2D eigenvalue weighted by Crippen LogP contribution is 2.34. The number of nitrogens with zero attached hydrogens (tertiary/aromatic N) is 3. The molecule has 0 bridgehead atoms. The van der Waals surface area contributed by atoms with Crippen LogP contribution in [0.2, 0.25) is 10.0 Å². The monoisotopic (exact) mass is 471 g/mol. The van der Waals surface area contributed by atoms with Crippen LogP contribution in [0, 0.1) is 0 Å². The molecule has 2 aromatic carbocycles. The van der Waals surface area contributed by atoms with Crippen molar-refractivity contribution in [2.24, 2.45) is 0 Å². The summed E-state index contributed by atoms with van der Waals surface area (Å²) in [5, 5.41) is 15.4. The molecule has 1 amide bonds. The van der Waals surface area contributed by atoms with Gasteiger partial charge in [0.2, 0.25) is 0 Å². The van der Waals surface area contributed by atoms with Crippen LogP contribution in [-0.4, -0.2) is 32.3 Å². The van der Waals surface area contributed by atoms with Gasteiger partial charge in [-0.2, -0.15) is 0 Å². The summed E-state index contributed by atoms with van der Waals surface area (Å²) in [6, 6.07) is 14.3. The lowest BCUT2D eigenvalue weighted by Gasteiger charge is -2.13. The Hall–Kier alpha value is -3.49. The van der Waals surface area contributed by atoms with Crippen molar-refractivity contribution in [3.05, 3.63) is 71.1 Å². The van der Waals surface area contributed by atoms with Gasteiger partial charge in [0.15, 0.2) is 5.82 Å². The van der Waals surface area contributed by atoms with Crippen LogP contribution in [0.25, 0.3) is 11.0 Å². The molecule has 0 radical (unpaired) electrons. The second-order valence-electron chi connectivity index (χ2n) is 6.88. The number of anilines is 2. The molecular weight excluding hydrogens is 453 g/mol. The Labute approximate surface area is 193 Å². The van der Waals surface area contributed by atoms with E-state index in [-0.39, 0.29) is 0 Å². The van der Waals surface area contributed by atoms with E-state index in [0.29, 0.717) is 46.9 Å². The zero-order chi connectivity index (χ0) is 22.5. The predicted molar refractivity (Wildman–Crippen MR) is 124 cm³/mol. The molecule has 3 N–H and O–H groups in total. The number of nitrogens with one attached hydrogen (secondary N) is 2. The first-order chi connectivity index (χ1) is 15.5. The number of carboxylic acid groups (broad SMARTS) is 1. The average molecular weight is 472 g/mol. The number of aryl methyl sites for hydroxylation is 1. The molecule has 0 spiro atoms. The van der Waals surface area contributed by atoms with Crippen molar-refractivity contribution in [3.8, 4) is 11.5 Å². The zero-order valence-electron chi connectivity index (χ0n) is 16.8. The summed E-state index contributed by atoms with van der Waals surface area (Å²) >= 11 is 12.4. The Morgan fingerprint density at radius 1 is 1.12 bits per heavy atom. The summed E-state index contributed by atoms with van der Waals surface area (Å²) in [5.74, 6) is 1.71. The minimum atomic E-state index is -1.03. The third kappa shape index (κ3) is 5.22. The predicted octanol–water partition coefficient (Wildman–Crippen LogP) is 5.93. The van der Waals surface area contributed by atoms with Crippen molar-refractivity contribution in [1.82, 2.24) is 19.9 Å². The zero-order valence-corrected chi connectivity index (χ0v) is 18.3. The van der Waals surface area contributed by atoms with E-state index in [4.69, 9.17) is 33.0 Å². The molecule has 10 heteroatoms. The molecule has 164 valence electrons. The highest BCUT2D eigenvalue weighted by atomic mass is 35.5. The van der Waals surface area contributed by atoms with Gasteiger partial charge in [-0.05, 0) is 48.9 Å². The Morgan fingerprint density at radius 3 is 2.78 bits per heavy atom. The highest BCUT2D eigenvalue weighted by molar-refractivity contribution is 6.32. The Kier molecular flexibility index (Phi) is 6.63. The standard InChI is InChI=1S/C22H19Cl2N5O3/c23-14-3-1-4-16(11-14)32-19-6-5-15(12-17(19)24)28-21-20-18(26-13-27-21)7-10-29(20)9-2-8-25-22(30)31/h1,3-7,10-13,25H,2,8-9H2,(H,30,31)(H,26,27,28). The van der Waals surface area contributed by atoms with Gasteiger partial charge in [-0.25, -0.2) is 14.8 Å². The van der Waals surface area contributed by atoms with Gasteiger partial charge in [-0.1, -0.05) is 29.3 Å². The molecule has 32 heavy (non-hydrogen) atoms. The number of hydrogen-bond donors (Lipinski definition) is 3. The van der Waals surface area contributed by atoms with Crippen LogP contribution >= 0.6 is 23.2 Å². The lowest BCUT2D eigenvalue weighted by atomic mass is 10.3. The molecule has 0 aliphatic rings. The molecule has 0 fully saturated rings. The van der Waals surface area contributed by atoms with Gasteiger partial charge in [-0.15, -0.1) is 0 Å². The molecule has 2 heterocycles. The molecule has 0 atom stereocenters. The molecule has 0 saturated heterocycles. The smallest absolute Gasteiger partial charge is 0.404 e. The molecular formula is C22H19Cl2N5O3. The van der Waals surface area contributed by atoms with Crippen molar-refractivity contribution in [3.63, 3.8) is 0 Å². The lowest BCUT2D eigenvalue weighted by molar-refractivity contribution is 0.194. The lowest BCUT2D eigenvalue weighted by Crippen LogP contribution is -2.22. The molecule has 0 unspecified atom stereocenters. The highest BCUT2D eigenvalue weighted by Gasteiger charge is 2.11. The minimum absolute atomic E-state index is 0.356. The van der Waals surface area contributed by atoms with Gasteiger partial charge < -0.3 is 25.0 Å². The molecule has 0 saturated carbocycles. The van der Waals surface area contributed by atoms with Crippen LogP contribution < -0.4 is 15.4 Å². The van der Waals surface area contributed by atoms with Gasteiger partial charge in [0.05, 0.1) is 10.5 Å². The number of carbonyl (C=O) groups is 1. The normalized spacial score (nSPS) is 10.8. The van der Waals surface area contributed by atoms with Crippen molar-refractivity contribution in [2.45, 2.75) is 13.0 Å². The maximum absolute atomic E-state index is 10.6. The molecule has 2 aromatic heterocycles. The van der Waals surface area contributed by atoms with Gasteiger partial charge in [-0.3, -0.25) is 0 Å². The molecule has 4 rings (SSSR count). The van der Waals surface area contributed by atoms with Gasteiger partial charge in [0.25, 0.3) is 0 Å². The van der Waals surface area contributed by atoms with Crippen LogP contribution in [0.5, 0.6) is 11.5 Å². The van der Waals surface area contributed by atoms with Gasteiger partial charge in [0.1, 0.15) is 23.3 Å². The van der Waals surface area contributed by atoms with Gasteiger partial charge in [0, 0.05) is 30.0 Å². The van der Waals surface area contributed by atoms with E-state index >= 15 is 0 Å². The largest absolute Gasteiger partial charge is 0.465 e. The fraction of sp³-hybridized carbons (Fsp3) is 0.136. The van der Waals surface area contributed by atoms with E-state index in [1.165, 1.54) is 6.33 Å². The Bertz CT molecular complexity index is 1260. The number of ether oxygens (including phenoxy) is 1. The van der Waals surface area contributed by atoms with E-state index in [0.717, 1.165) is 16.7 Å². The summed E-state index contributed by atoms with van der Waals surface area (Å²) < 4.78 is 7.81. The van der Waals surface area contributed by atoms with Crippen molar-refractivity contribution in [2.75, 3.05) is 11.9 Å². The quantitative estimate of drug-likeness (QED) is 0.275. The van der Waals surface area contributed by atoms with Crippen molar-refractivity contribution >= 4 is 51.8 Å². The minimum Gasteiger partial charge on any atom is -0.465 e. The second kappa shape index (κ2) is 9.76. The van der Waals surface area contributed by atoms with E-state index in [1.54, 1.807) is 36.4 Å². The molecule has 4 aromatic rings. The first kappa shape index (κ1) is 21.7. The number of fused-ring (bicyclic) bond motifs is 1. The number of amides is 1. The van der Waals surface area contributed by atoms with E-state index in [9.17, 15) is 4.79 Å². The van der Waals surface area contributed by atoms with Crippen LogP contribution in [0.1, 0.15) is 6.42 Å². The number of benzene rings is 2. The third-order valence-electron chi connectivity index (χ3n) is 4.62. The summed E-state index contributed by atoms with van der Waals surface area (Å²) in [6.07, 6.45) is 2.98. The number of hydrogen-bond acceptors (Lipinski definition) is 5. The van der Waals surface area contributed by atoms with Crippen LogP contribution in [-0.2, 0) is 6.54 Å². The van der Waals surface area contributed by atoms with E-state index < -0.39 is 6.09 Å². The Balaban J connectivity index is 1.52. The third-order valence-corrected chi connectivity index (χ3v) is 5.15. The maximum atomic E-state index is 10.6. The summed E-state index contributed by atoms with van der Waals surface area (Å²) in [5.41, 5.74) is 2.33. The number of rotatable bonds is 8. The first-order valence-corrected chi connectivity index (χ1v) is 10.5. The number of aromatic nitrogens is 3. The van der Waals surface area contributed by atoms with Crippen LogP contribution in [0.15, 0.2) is 61.1 Å². The molecule has 0 aliphatic heterocycles. The van der Waals surface area contributed by atoms with E-state index in [2.05, 4.69) is 20.6 Å². The molecule has 0 aliphatic carbocycles. The first-order valence-electron chi connectivity index (χ1n) is 9.76. The average Bonchev–Trinajstić information content (AvgIpc) is 3.17. The SMILES string of the molecule is O=C(O)NCCCn1ccc2ncnc(Nc3ccc(Oc4cccc(Cl)c4)c(Cl)c3)c21. The van der Waals surface area contributed by atoms with Crippen molar-refractivity contribution < 1.29 is 14.6 Å². The molecule has 8 nitrogen and oxygen atoms in total. The summed E-state index contributed by atoms with van der Waals surface area (Å²) in [4.78, 5) is 19.3. The van der Waals surface area contributed by atoms with Crippen LogP contribution in [0.4, 0.5) is 16.3 Å². The van der Waals surface area contributed by atoms with Gasteiger partial charge >= 0.3 is 6.09 Å². The Morgan fingerprint density at radius 2 is 2.00 bits per heavy atom. The summed E-state index contributed by atoms with van der Waals surface area (Å²) in [7, 11) is 0. The maximum Gasteiger partial charge on any atom is 0.404 e. The number of halogens is 2. The second-order valence-corrected chi connectivity index (χ2v) is 7.72.